The van der Waals surface area contributed by atoms with Crippen LogP contribution in [-0.2, 0) is 33.1 Å². The van der Waals surface area contributed by atoms with Crippen LogP contribution in [0.2, 0.25) is 0 Å². The van der Waals surface area contributed by atoms with Crippen molar-refractivity contribution in [2.24, 2.45) is 18.5 Å². The molecule has 0 fully saturated rings. The first-order valence-corrected chi connectivity index (χ1v) is 18.7. The van der Waals surface area contributed by atoms with E-state index in [4.69, 9.17) is 25.9 Å². The van der Waals surface area contributed by atoms with Crippen LogP contribution in [-0.4, -0.2) is 89.6 Å². The number of allylic oxidation sites excluding steroid dienone is 2. The number of rotatable bonds is 18. The van der Waals surface area contributed by atoms with Gasteiger partial charge in [0.1, 0.15) is 33.9 Å². The van der Waals surface area contributed by atoms with E-state index in [0.29, 0.717) is 83.2 Å². The minimum Gasteiger partial charge on any atom is -0.494 e. The van der Waals surface area contributed by atoms with Crippen molar-refractivity contribution in [1.29, 1.82) is 0 Å². The predicted molar refractivity (Wildman–Crippen MR) is 217 cm³/mol. The number of methoxy groups -OCH3 is 1. The molecule has 0 aliphatic heterocycles. The number of nitrogens with one attached hydrogen (secondary N) is 3. The second-order valence-corrected chi connectivity index (χ2v) is 13.4. The van der Waals surface area contributed by atoms with Crippen LogP contribution in [0.5, 0.6) is 11.5 Å². The Morgan fingerprint density at radius 1 is 0.793 bits per heavy atom. The number of hydrogen-bond donors (Lipinski definition) is 5. The monoisotopic (exact) mass is 793 g/mol. The number of carbonyl (C=O) groups is 4. The van der Waals surface area contributed by atoms with Crippen molar-refractivity contribution in [3.05, 3.63) is 82.5 Å². The summed E-state index contributed by atoms with van der Waals surface area (Å²) in [5.74, 6) is -1.14. The number of aryl methyl sites for hydroxylation is 4. The Morgan fingerprint density at radius 2 is 1.36 bits per heavy atom. The molecule has 6 aromatic rings. The highest BCUT2D eigenvalue weighted by molar-refractivity contribution is 6.05. The first-order valence-electron chi connectivity index (χ1n) is 18.7. The third-order valence-electron chi connectivity index (χ3n) is 9.38. The highest BCUT2D eigenvalue weighted by Gasteiger charge is 2.23. The zero-order valence-electron chi connectivity index (χ0n) is 33.3. The highest BCUT2D eigenvalue weighted by atomic mass is 16.5. The molecule has 0 aliphatic rings. The standard InChI is InChI=1S/C39H47N13O6/c1-7-25-21-28(49(5)48-25)36(55)45-38-44-27-18-24(35(41)54)20-31(58-15-11-12-42-4)33(27)51(38)14-10-9-13-50-32-26(17-23(34(40)53)19-30(32)57-6)43-39(50)46-37(56)29-16-22(3)47-52(29)8-2/h9-10,16-21,42H,7-8,11-15H2,1-6H3,(H2,40,53)(H2,41,54)(H,43,46,56)(H,44,45,55)/b10-9+. The zero-order valence-corrected chi connectivity index (χ0v) is 33.3. The summed E-state index contributed by atoms with van der Waals surface area (Å²) in [6.07, 6.45) is 5.02. The van der Waals surface area contributed by atoms with E-state index >= 15 is 0 Å². The van der Waals surface area contributed by atoms with Gasteiger partial charge >= 0.3 is 0 Å². The second kappa shape index (κ2) is 17.4. The summed E-state index contributed by atoms with van der Waals surface area (Å²) in [6, 6.07) is 9.58. The van der Waals surface area contributed by atoms with E-state index in [-0.39, 0.29) is 36.1 Å². The Morgan fingerprint density at radius 3 is 1.88 bits per heavy atom. The first kappa shape index (κ1) is 40.6. The average Bonchev–Trinajstić information content (AvgIpc) is 3.96. The Balaban J connectivity index is 1.41. The molecule has 0 unspecified atom stereocenters. The summed E-state index contributed by atoms with van der Waals surface area (Å²) >= 11 is 0. The van der Waals surface area contributed by atoms with Crippen molar-refractivity contribution in [1.82, 2.24) is 44.0 Å². The number of hydrogen-bond acceptors (Lipinski definition) is 11. The first-order chi connectivity index (χ1) is 27.9. The molecule has 0 radical (unpaired) electrons. The molecule has 0 saturated carbocycles. The van der Waals surface area contributed by atoms with E-state index in [1.165, 1.54) is 23.9 Å². The van der Waals surface area contributed by atoms with Gasteiger partial charge in [0.15, 0.2) is 0 Å². The van der Waals surface area contributed by atoms with Gasteiger partial charge < -0.3 is 35.4 Å². The van der Waals surface area contributed by atoms with Crippen LogP contribution in [0, 0.1) is 6.92 Å². The summed E-state index contributed by atoms with van der Waals surface area (Å²) in [6.45, 7) is 7.49. The molecule has 6 rings (SSSR count). The van der Waals surface area contributed by atoms with Gasteiger partial charge in [0.2, 0.25) is 23.7 Å². The molecule has 0 saturated heterocycles. The number of carbonyl (C=O) groups excluding carboxylic acids is 4. The maximum absolute atomic E-state index is 13.7. The number of ether oxygens (including phenoxy) is 2. The van der Waals surface area contributed by atoms with Crippen LogP contribution >= 0.6 is 0 Å². The van der Waals surface area contributed by atoms with E-state index in [9.17, 15) is 19.2 Å². The molecule has 19 nitrogen and oxygen atoms in total. The SMILES string of the molecule is CCc1cc(C(=O)Nc2nc3cc(C(N)=O)cc(OCCCNC)c3n2C/C=C/Cn2c(NC(=O)c3cc(C)nn3CC)nc3cc(C(N)=O)cc(OC)c32)n(C)n1. The Bertz CT molecular complexity index is 2560. The fraction of sp³-hybridized carbons (Fsp3) is 0.333. The molecule has 58 heavy (non-hydrogen) atoms. The Kier molecular flexibility index (Phi) is 12.2. The van der Waals surface area contributed by atoms with Gasteiger partial charge in [-0.3, -0.25) is 39.2 Å². The van der Waals surface area contributed by atoms with Crippen molar-refractivity contribution < 1.29 is 28.7 Å². The van der Waals surface area contributed by atoms with Gasteiger partial charge in [-0.25, -0.2) is 9.97 Å². The molecule has 4 heterocycles. The fourth-order valence-corrected chi connectivity index (χ4v) is 6.56. The number of aromatic nitrogens is 8. The number of nitrogens with zero attached hydrogens (tertiary/aromatic N) is 8. The molecule has 19 heteroatoms. The Hall–Kier alpha value is -7.02. The van der Waals surface area contributed by atoms with Gasteiger partial charge in [-0.2, -0.15) is 10.2 Å². The summed E-state index contributed by atoms with van der Waals surface area (Å²) in [5.41, 5.74) is 15.6. The number of amides is 4. The number of imidazole rings is 2. The summed E-state index contributed by atoms with van der Waals surface area (Å²) in [7, 11) is 4.99. The van der Waals surface area contributed by atoms with Crippen molar-refractivity contribution >= 4 is 57.6 Å². The van der Waals surface area contributed by atoms with Gasteiger partial charge in [0, 0.05) is 37.8 Å². The minimum atomic E-state index is -0.666. The molecular formula is C39H47N13O6. The molecule has 304 valence electrons. The molecular weight excluding hydrogens is 747 g/mol. The van der Waals surface area contributed by atoms with E-state index in [1.807, 2.05) is 33.0 Å². The van der Waals surface area contributed by atoms with Gasteiger partial charge in [-0.05, 0) is 76.7 Å². The smallest absolute Gasteiger partial charge is 0.276 e. The summed E-state index contributed by atoms with van der Waals surface area (Å²) in [5, 5.41) is 17.7. The molecule has 0 atom stereocenters. The van der Waals surface area contributed by atoms with Gasteiger partial charge in [0.25, 0.3) is 11.8 Å². The lowest BCUT2D eigenvalue weighted by Crippen LogP contribution is -2.20. The minimum absolute atomic E-state index is 0.173. The van der Waals surface area contributed by atoms with Crippen LogP contribution in [0.1, 0.15) is 73.3 Å². The largest absolute Gasteiger partial charge is 0.494 e. The van der Waals surface area contributed by atoms with Crippen LogP contribution in [0.4, 0.5) is 11.9 Å². The lowest BCUT2D eigenvalue weighted by atomic mass is 10.1. The van der Waals surface area contributed by atoms with Gasteiger partial charge in [0.05, 0.1) is 36.1 Å². The number of primary amides is 2. The lowest BCUT2D eigenvalue weighted by molar-refractivity contribution is 0.0991. The number of nitrogens with two attached hydrogens (primary N) is 2. The molecule has 4 aromatic heterocycles. The maximum atomic E-state index is 13.7. The quantitative estimate of drug-likeness (QED) is 0.0625. The van der Waals surface area contributed by atoms with E-state index in [0.717, 1.165) is 5.69 Å². The van der Waals surface area contributed by atoms with Crippen molar-refractivity contribution in [3.63, 3.8) is 0 Å². The molecule has 7 N–H and O–H groups in total. The van der Waals surface area contributed by atoms with E-state index in [2.05, 4.69) is 31.1 Å². The lowest BCUT2D eigenvalue weighted by Gasteiger charge is -2.13. The molecule has 0 bridgehead atoms. The molecule has 0 spiro atoms. The normalized spacial score (nSPS) is 11.5. The maximum Gasteiger partial charge on any atom is 0.276 e. The topological polar surface area (TPSA) is 246 Å². The molecule has 4 amide bonds. The number of benzene rings is 2. The second-order valence-electron chi connectivity index (χ2n) is 13.4. The Labute approximate surface area is 333 Å². The third-order valence-corrected chi connectivity index (χ3v) is 9.38. The average molecular weight is 794 g/mol. The number of fused-ring (bicyclic) bond motifs is 2. The van der Waals surface area contributed by atoms with Crippen LogP contribution < -0.4 is 36.9 Å². The third kappa shape index (κ3) is 8.38. The zero-order chi connectivity index (χ0) is 41.7. The summed E-state index contributed by atoms with van der Waals surface area (Å²) < 4.78 is 18.5. The van der Waals surface area contributed by atoms with E-state index in [1.54, 1.807) is 52.1 Å². The van der Waals surface area contributed by atoms with E-state index < -0.39 is 23.6 Å². The highest BCUT2D eigenvalue weighted by Crippen LogP contribution is 2.33. The van der Waals surface area contributed by atoms with Crippen molar-refractivity contribution in [2.45, 2.75) is 53.2 Å². The van der Waals surface area contributed by atoms with Crippen LogP contribution in [0.15, 0.2) is 48.6 Å². The molecule has 2 aromatic carbocycles. The van der Waals surface area contributed by atoms with Crippen LogP contribution in [0.25, 0.3) is 22.1 Å². The van der Waals surface area contributed by atoms with Crippen molar-refractivity contribution in [3.8, 4) is 11.5 Å². The van der Waals surface area contributed by atoms with Gasteiger partial charge in [-0.15, -0.1) is 0 Å². The summed E-state index contributed by atoms with van der Waals surface area (Å²) in [4.78, 5) is 61.3. The fourth-order valence-electron chi connectivity index (χ4n) is 6.56. The van der Waals surface area contributed by atoms with Crippen LogP contribution in [0.3, 0.4) is 0 Å². The molecule has 0 aliphatic carbocycles. The number of anilines is 2. The van der Waals surface area contributed by atoms with Gasteiger partial charge in [-0.1, -0.05) is 19.1 Å². The predicted octanol–water partition coefficient (Wildman–Crippen LogP) is 3.16. The van der Waals surface area contributed by atoms with Crippen molar-refractivity contribution in [2.75, 3.05) is 37.9 Å².